The number of phenols is 1. The summed E-state index contributed by atoms with van der Waals surface area (Å²) >= 11 is 0. The van der Waals surface area contributed by atoms with Gasteiger partial charge >= 0.3 is 0 Å². The monoisotopic (exact) mass is 237 g/mol. The number of hydrogen-bond acceptors (Lipinski definition) is 4. The third-order valence-corrected chi connectivity index (χ3v) is 2.07. The van der Waals surface area contributed by atoms with Gasteiger partial charge in [0.25, 0.3) is 5.91 Å². The van der Waals surface area contributed by atoms with Crippen LogP contribution in [0.2, 0.25) is 0 Å². The number of nitrogens with one attached hydrogen (secondary N) is 2. The van der Waals surface area contributed by atoms with E-state index in [1.807, 2.05) is 0 Å². The fourth-order valence-electron chi connectivity index (χ4n) is 1.21. The van der Waals surface area contributed by atoms with E-state index in [-0.39, 0.29) is 36.2 Å². The highest BCUT2D eigenvalue weighted by molar-refractivity contribution is 5.96. The summed E-state index contributed by atoms with van der Waals surface area (Å²) in [7, 11) is 0. The average molecular weight is 237 g/mol. The summed E-state index contributed by atoms with van der Waals surface area (Å²) in [5, 5.41) is 14.5. The topological polar surface area (TPSA) is 104 Å². The third-order valence-electron chi connectivity index (χ3n) is 2.07. The molecule has 0 unspecified atom stereocenters. The molecule has 5 N–H and O–H groups in total. The van der Waals surface area contributed by atoms with Gasteiger partial charge in [-0.1, -0.05) is 12.1 Å². The molecule has 0 saturated carbocycles. The number of amides is 2. The second kappa shape index (κ2) is 6.49. The Morgan fingerprint density at radius 3 is 2.47 bits per heavy atom. The molecular formula is C11H15N3O3. The number of carbonyl (C=O) groups is 2. The van der Waals surface area contributed by atoms with Gasteiger partial charge in [0.15, 0.2) is 0 Å². The van der Waals surface area contributed by atoms with Crippen LogP contribution in [0.1, 0.15) is 10.4 Å². The zero-order valence-corrected chi connectivity index (χ0v) is 9.27. The van der Waals surface area contributed by atoms with E-state index in [2.05, 4.69) is 10.6 Å². The van der Waals surface area contributed by atoms with Gasteiger partial charge in [0, 0.05) is 13.1 Å². The minimum absolute atomic E-state index is 0.0732. The normalized spacial score (nSPS) is 9.71. The van der Waals surface area contributed by atoms with Crippen molar-refractivity contribution < 1.29 is 14.7 Å². The summed E-state index contributed by atoms with van der Waals surface area (Å²) in [6, 6.07) is 6.24. The number of para-hydroxylation sites is 1. The first kappa shape index (κ1) is 13.0. The van der Waals surface area contributed by atoms with E-state index in [0.29, 0.717) is 6.54 Å². The molecule has 0 aliphatic heterocycles. The van der Waals surface area contributed by atoms with Crippen molar-refractivity contribution in [2.45, 2.75) is 0 Å². The number of hydrogen-bond donors (Lipinski definition) is 4. The molecule has 0 bridgehead atoms. The highest BCUT2D eigenvalue weighted by Gasteiger charge is 2.08. The van der Waals surface area contributed by atoms with Crippen LogP contribution in [-0.4, -0.2) is 36.6 Å². The summed E-state index contributed by atoms with van der Waals surface area (Å²) in [6.07, 6.45) is 0. The summed E-state index contributed by atoms with van der Waals surface area (Å²) in [5.74, 6) is -0.733. The number of benzene rings is 1. The van der Waals surface area contributed by atoms with E-state index in [1.54, 1.807) is 12.1 Å². The average Bonchev–Trinajstić information content (AvgIpc) is 2.34. The Bertz CT molecular complexity index is 407. The van der Waals surface area contributed by atoms with Crippen LogP contribution in [-0.2, 0) is 4.79 Å². The van der Waals surface area contributed by atoms with Gasteiger partial charge < -0.3 is 21.5 Å². The van der Waals surface area contributed by atoms with Crippen molar-refractivity contribution in [2.24, 2.45) is 5.73 Å². The van der Waals surface area contributed by atoms with Crippen molar-refractivity contribution in [1.29, 1.82) is 0 Å². The van der Waals surface area contributed by atoms with Crippen molar-refractivity contribution in [2.75, 3.05) is 19.6 Å². The van der Waals surface area contributed by atoms with E-state index in [1.165, 1.54) is 12.1 Å². The first-order chi connectivity index (χ1) is 8.15. The number of aromatic hydroxyl groups is 1. The number of carbonyl (C=O) groups excluding carboxylic acids is 2. The van der Waals surface area contributed by atoms with Crippen LogP contribution in [0.4, 0.5) is 0 Å². The van der Waals surface area contributed by atoms with Crippen LogP contribution in [0.25, 0.3) is 0 Å². The lowest BCUT2D eigenvalue weighted by molar-refractivity contribution is -0.119. The second-order valence-electron chi connectivity index (χ2n) is 3.33. The maximum Gasteiger partial charge on any atom is 0.255 e. The number of nitrogens with two attached hydrogens (primary N) is 1. The fraction of sp³-hybridized carbons (Fsp3) is 0.273. The molecule has 0 saturated heterocycles. The maximum absolute atomic E-state index is 11.6. The maximum atomic E-state index is 11.6. The van der Waals surface area contributed by atoms with Gasteiger partial charge in [0.2, 0.25) is 5.91 Å². The predicted molar refractivity (Wildman–Crippen MR) is 62.5 cm³/mol. The lowest BCUT2D eigenvalue weighted by Crippen LogP contribution is -2.37. The Hall–Kier alpha value is -2.08. The highest BCUT2D eigenvalue weighted by atomic mass is 16.3. The van der Waals surface area contributed by atoms with Gasteiger partial charge in [-0.2, -0.15) is 0 Å². The van der Waals surface area contributed by atoms with Gasteiger partial charge in [-0.05, 0) is 12.1 Å². The van der Waals surface area contributed by atoms with Crippen molar-refractivity contribution in [3.05, 3.63) is 29.8 Å². The molecule has 0 spiro atoms. The van der Waals surface area contributed by atoms with Gasteiger partial charge in [-0.15, -0.1) is 0 Å². The van der Waals surface area contributed by atoms with Crippen molar-refractivity contribution in [1.82, 2.24) is 10.6 Å². The lowest BCUT2D eigenvalue weighted by atomic mass is 10.2. The molecule has 0 aliphatic rings. The van der Waals surface area contributed by atoms with Gasteiger partial charge in [0.05, 0.1) is 12.1 Å². The van der Waals surface area contributed by atoms with Crippen LogP contribution in [0.3, 0.4) is 0 Å². The fourth-order valence-corrected chi connectivity index (χ4v) is 1.21. The van der Waals surface area contributed by atoms with Gasteiger partial charge in [-0.3, -0.25) is 9.59 Å². The van der Waals surface area contributed by atoms with Gasteiger partial charge in [0.1, 0.15) is 5.75 Å². The molecule has 0 aromatic heterocycles. The van der Waals surface area contributed by atoms with Crippen molar-refractivity contribution in [3.8, 4) is 5.75 Å². The molecule has 6 heteroatoms. The molecule has 0 radical (unpaired) electrons. The van der Waals surface area contributed by atoms with E-state index in [0.717, 1.165) is 0 Å². The second-order valence-corrected chi connectivity index (χ2v) is 3.33. The zero-order chi connectivity index (χ0) is 12.7. The summed E-state index contributed by atoms with van der Waals surface area (Å²) < 4.78 is 0. The zero-order valence-electron chi connectivity index (χ0n) is 9.27. The van der Waals surface area contributed by atoms with E-state index in [4.69, 9.17) is 5.73 Å². The number of phenolic OH excluding ortho intramolecular Hbond substituents is 1. The molecular weight excluding hydrogens is 222 g/mol. The largest absolute Gasteiger partial charge is 0.507 e. The molecule has 0 heterocycles. The first-order valence-electron chi connectivity index (χ1n) is 5.18. The standard InChI is InChI=1S/C11H15N3O3/c12-7-10(16)13-5-6-14-11(17)8-3-1-2-4-9(8)15/h1-4,15H,5-7,12H2,(H,13,16)(H,14,17). The molecule has 17 heavy (non-hydrogen) atoms. The molecule has 6 nitrogen and oxygen atoms in total. The quantitative estimate of drug-likeness (QED) is 0.503. The van der Waals surface area contributed by atoms with Gasteiger partial charge in [-0.25, -0.2) is 0 Å². The van der Waals surface area contributed by atoms with Crippen LogP contribution in [0.5, 0.6) is 5.75 Å². The van der Waals surface area contributed by atoms with E-state index in [9.17, 15) is 14.7 Å². The number of rotatable bonds is 5. The Balaban J connectivity index is 2.36. The SMILES string of the molecule is NCC(=O)NCCNC(=O)c1ccccc1O. The molecule has 0 fully saturated rings. The Labute approximate surface area is 98.8 Å². The molecule has 1 rings (SSSR count). The summed E-state index contributed by atoms with van der Waals surface area (Å²) in [5.41, 5.74) is 5.30. The molecule has 1 aromatic rings. The smallest absolute Gasteiger partial charge is 0.255 e. The Kier molecular flexibility index (Phi) is 4.96. The van der Waals surface area contributed by atoms with Crippen LogP contribution in [0.15, 0.2) is 24.3 Å². The molecule has 0 aliphatic carbocycles. The minimum Gasteiger partial charge on any atom is -0.507 e. The minimum atomic E-state index is -0.384. The van der Waals surface area contributed by atoms with Crippen LogP contribution in [0, 0.1) is 0 Å². The summed E-state index contributed by atoms with van der Waals surface area (Å²) in [6.45, 7) is 0.502. The predicted octanol–water partition coefficient (Wildman–Crippen LogP) is -0.803. The Morgan fingerprint density at radius 1 is 1.18 bits per heavy atom. The van der Waals surface area contributed by atoms with Crippen LogP contribution < -0.4 is 16.4 Å². The van der Waals surface area contributed by atoms with E-state index < -0.39 is 0 Å². The lowest BCUT2D eigenvalue weighted by Gasteiger charge is -2.07. The van der Waals surface area contributed by atoms with Crippen molar-refractivity contribution >= 4 is 11.8 Å². The third kappa shape index (κ3) is 4.12. The molecule has 2 amide bonds. The summed E-state index contributed by atoms with van der Waals surface area (Å²) in [4.78, 5) is 22.4. The molecule has 92 valence electrons. The first-order valence-corrected chi connectivity index (χ1v) is 5.18. The van der Waals surface area contributed by atoms with E-state index >= 15 is 0 Å². The molecule has 1 aromatic carbocycles. The van der Waals surface area contributed by atoms with Crippen LogP contribution >= 0.6 is 0 Å². The molecule has 0 atom stereocenters. The van der Waals surface area contributed by atoms with Crippen molar-refractivity contribution in [3.63, 3.8) is 0 Å². The Morgan fingerprint density at radius 2 is 1.82 bits per heavy atom. The highest BCUT2D eigenvalue weighted by Crippen LogP contribution is 2.14.